The average Bonchev–Trinajstić information content (AvgIpc) is 2.88. The molecule has 0 heterocycles. The molecule has 0 atom stereocenters. The van der Waals surface area contributed by atoms with Gasteiger partial charge in [-0.15, -0.1) is 0 Å². The minimum Gasteiger partial charge on any atom is -0.166 e. The van der Waals surface area contributed by atoms with E-state index in [2.05, 4.69) is 0 Å². The highest BCUT2D eigenvalue weighted by molar-refractivity contribution is 5.74. The summed E-state index contributed by atoms with van der Waals surface area (Å²) in [7, 11) is 0. The molecule has 74 valence electrons. The summed E-state index contributed by atoms with van der Waals surface area (Å²) in [6.07, 6.45) is -3.04. The Morgan fingerprint density at radius 2 is 1.57 bits per heavy atom. The van der Waals surface area contributed by atoms with E-state index in [9.17, 15) is 13.2 Å². The van der Waals surface area contributed by atoms with Crippen molar-refractivity contribution in [2.24, 2.45) is 0 Å². The summed E-state index contributed by atoms with van der Waals surface area (Å²) in [6, 6.07) is 7.99. The minimum atomic E-state index is -4.22. The fourth-order valence-electron chi connectivity index (χ4n) is 1.49. The van der Waals surface area contributed by atoms with Crippen LogP contribution in [-0.4, -0.2) is 6.18 Å². The Labute approximate surface area is 80.1 Å². The van der Waals surface area contributed by atoms with Crippen LogP contribution < -0.4 is 0 Å². The van der Waals surface area contributed by atoms with Gasteiger partial charge < -0.3 is 0 Å². The molecule has 0 amide bonds. The lowest BCUT2D eigenvalue weighted by atomic mass is 10.0. The predicted molar refractivity (Wildman–Crippen MR) is 48.7 cm³/mol. The van der Waals surface area contributed by atoms with Crippen LogP contribution >= 0.6 is 0 Å². The summed E-state index contributed by atoms with van der Waals surface area (Å²) in [5.41, 5.74) is 0.384. The standard InChI is InChI=1S/C11H9F3/c12-11(13,14)10(9-6-7-9)8-4-2-1-3-5-8/h1-5H,6-7H2. The molecule has 1 aliphatic carbocycles. The van der Waals surface area contributed by atoms with Crippen molar-refractivity contribution in [1.29, 1.82) is 0 Å². The third kappa shape index (κ3) is 1.81. The van der Waals surface area contributed by atoms with Gasteiger partial charge in [0.15, 0.2) is 0 Å². The quantitative estimate of drug-likeness (QED) is 0.643. The number of hydrogen-bond donors (Lipinski definition) is 0. The number of rotatable bonds is 1. The maximum absolute atomic E-state index is 12.6. The molecule has 1 aromatic rings. The van der Waals surface area contributed by atoms with Crippen molar-refractivity contribution in [1.82, 2.24) is 0 Å². The van der Waals surface area contributed by atoms with Gasteiger partial charge in [0.05, 0.1) is 5.57 Å². The van der Waals surface area contributed by atoms with Gasteiger partial charge in [-0.1, -0.05) is 35.9 Å². The maximum atomic E-state index is 12.6. The number of hydrogen-bond acceptors (Lipinski definition) is 0. The molecule has 0 radical (unpaired) electrons. The third-order valence-corrected chi connectivity index (χ3v) is 2.20. The first-order chi connectivity index (χ1) is 6.59. The Bertz CT molecular complexity index is 354. The van der Waals surface area contributed by atoms with Gasteiger partial charge in [0.25, 0.3) is 0 Å². The highest BCUT2D eigenvalue weighted by Gasteiger charge is 2.39. The number of alkyl halides is 3. The van der Waals surface area contributed by atoms with Crippen LogP contribution in [0.2, 0.25) is 0 Å². The zero-order valence-corrected chi connectivity index (χ0v) is 7.43. The molecule has 1 aromatic carbocycles. The molecule has 0 spiro atoms. The molecule has 0 saturated heterocycles. The topological polar surface area (TPSA) is 0 Å². The summed E-state index contributed by atoms with van der Waals surface area (Å²) < 4.78 is 37.9. The zero-order valence-electron chi connectivity index (χ0n) is 7.43. The van der Waals surface area contributed by atoms with E-state index in [1.165, 1.54) is 12.1 Å². The Hall–Kier alpha value is -1.25. The van der Waals surface area contributed by atoms with E-state index < -0.39 is 11.7 Å². The van der Waals surface area contributed by atoms with Crippen LogP contribution in [0.1, 0.15) is 18.4 Å². The summed E-state index contributed by atoms with van der Waals surface area (Å²) in [4.78, 5) is 0. The monoisotopic (exact) mass is 198 g/mol. The summed E-state index contributed by atoms with van der Waals surface area (Å²) in [5.74, 6) is 0. The summed E-state index contributed by atoms with van der Waals surface area (Å²) >= 11 is 0. The van der Waals surface area contributed by atoms with E-state index in [0.717, 1.165) is 0 Å². The molecule has 0 unspecified atom stereocenters. The normalized spacial score (nSPS) is 15.5. The second-order valence-corrected chi connectivity index (χ2v) is 3.34. The maximum Gasteiger partial charge on any atom is 0.416 e. The molecule has 1 aliphatic rings. The van der Waals surface area contributed by atoms with Gasteiger partial charge >= 0.3 is 6.18 Å². The highest BCUT2D eigenvalue weighted by Crippen LogP contribution is 2.44. The van der Waals surface area contributed by atoms with Crippen molar-refractivity contribution in [3.05, 3.63) is 41.5 Å². The van der Waals surface area contributed by atoms with E-state index >= 15 is 0 Å². The van der Waals surface area contributed by atoms with Crippen molar-refractivity contribution < 1.29 is 13.2 Å². The minimum absolute atomic E-state index is 0.285. The van der Waals surface area contributed by atoms with Crippen molar-refractivity contribution in [2.75, 3.05) is 0 Å². The molecule has 0 nitrogen and oxygen atoms in total. The zero-order chi connectivity index (χ0) is 10.2. The molecule has 0 aliphatic heterocycles. The fourth-order valence-corrected chi connectivity index (χ4v) is 1.49. The SMILES string of the molecule is FC(F)(F)C(=C1CC1)c1ccccc1. The van der Waals surface area contributed by atoms with Crippen LogP contribution in [-0.2, 0) is 0 Å². The molecule has 2 rings (SSSR count). The Morgan fingerprint density at radius 1 is 1.00 bits per heavy atom. The van der Waals surface area contributed by atoms with E-state index in [4.69, 9.17) is 0 Å². The first kappa shape index (κ1) is 9.31. The van der Waals surface area contributed by atoms with E-state index in [0.29, 0.717) is 18.4 Å². The smallest absolute Gasteiger partial charge is 0.166 e. The number of benzene rings is 1. The number of halogens is 3. The van der Waals surface area contributed by atoms with Crippen molar-refractivity contribution >= 4 is 5.57 Å². The van der Waals surface area contributed by atoms with Gasteiger partial charge in [-0.05, 0) is 18.4 Å². The predicted octanol–water partition coefficient (Wildman–Crippen LogP) is 3.80. The van der Waals surface area contributed by atoms with E-state index in [-0.39, 0.29) is 5.56 Å². The van der Waals surface area contributed by atoms with Gasteiger partial charge in [-0.3, -0.25) is 0 Å². The van der Waals surface area contributed by atoms with Crippen molar-refractivity contribution in [3.63, 3.8) is 0 Å². The highest BCUT2D eigenvalue weighted by atomic mass is 19.4. The van der Waals surface area contributed by atoms with Crippen molar-refractivity contribution in [3.8, 4) is 0 Å². The first-order valence-electron chi connectivity index (χ1n) is 4.43. The second kappa shape index (κ2) is 3.15. The van der Waals surface area contributed by atoms with Crippen molar-refractivity contribution in [2.45, 2.75) is 19.0 Å². The van der Waals surface area contributed by atoms with Gasteiger partial charge in [-0.25, -0.2) is 0 Å². The Kier molecular flexibility index (Phi) is 2.10. The lowest BCUT2D eigenvalue weighted by Gasteiger charge is -2.11. The van der Waals surface area contributed by atoms with Gasteiger partial charge in [0.1, 0.15) is 0 Å². The van der Waals surface area contributed by atoms with Crippen LogP contribution in [0, 0.1) is 0 Å². The van der Waals surface area contributed by atoms with Gasteiger partial charge in [-0.2, -0.15) is 13.2 Å². The molecule has 0 N–H and O–H groups in total. The Morgan fingerprint density at radius 3 is 2.00 bits per heavy atom. The van der Waals surface area contributed by atoms with Crippen LogP contribution in [0.4, 0.5) is 13.2 Å². The average molecular weight is 198 g/mol. The number of allylic oxidation sites excluding steroid dienone is 2. The molecule has 3 heteroatoms. The lowest BCUT2D eigenvalue weighted by Crippen LogP contribution is -2.10. The van der Waals surface area contributed by atoms with Crippen LogP contribution in [0.5, 0.6) is 0 Å². The summed E-state index contributed by atoms with van der Waals surface area (Å²) in [6.45, 7) is 0. The second-order valence-electron chi connectivity index (χ2n) is 3.34. The molecular weight excluding hydrogens is 189 g/mol. The largest absolute Gasteiger partial charge is 0.416 e. The first-order valence-corrected chi connectivity index (χ1v) is 4.43. The fraction of sp³-hybridized carbons (Fsp3) is 0.273. The lowest BCUT2D eigenvalue weighted by molar-refractivity contribution is -0.0691. The third-order valence-electron chi connectivity index (χ3n) is 2.20. The van der Waals surface area contributed by atoms with E-state index in [1.54, 1.807) is 18.2 Å². The van der Waals surface area contributed by atoms with Gasteiger partial charge in [0.2, 0.25) is 0 Å². The molecule has 0 bridgehead atoms. The van der Waals surface area contributed by atoms with Crippen LogP contribution in [0.3, 0.4) is 0 Å². The molecule has 0 aromatic heterocycles. The van der Waals surface area contributed by atoms with Crippen LogP contribution in [0.15, 0.2) is 35.9 Å². The molecule has 1 fully saturated rings. The molecule has 1 saturated carbocycles. The van der Waals surface area contributed by atoms with Gasteiger partial charge in [0, 0.05) is 0 Å². The summed E-state index contributed by atoms with van der Waals surface area (Å²) in [5, 5.41) is 0. The van der Waals surface area contributed by atoms with E-state index in [1.807, 2.05) is 0 Å². The molecular formula is C11H9F3. The van der Waals surface area contributed by atoms with Crippen LogP contribution in [0.25, 0.3) is 5.57 Å². The Balaban J connectivity index is 2.45. The molecule has 14 heavy (non-hydrogen) atoms.